The van der Waals surface area contributed by atoms with E-state index in [0.717, 1.165) is 5.06 Å². The Morgan fingerprint density at radius 3 is 2.81 bits per heavy atom. The Labute approximate surface area is 162 Å². The molecule has 10 heteroatoms. The highest BCUT2D eigenvalue weighted by Crippen LogP contribution is 2.39. The Bertz CT molecular complexity index is 1020. The van der Waals surface area contributed by atoms with Crippen LogP contribution in [0.25, 0.3) is 0 Å². The lowest BCUT2D eigenvalue weighted by Gasteiger charge is -2.20. The quantitative estimate of drug-likeness (QED) is 0.599. The van der Waals surface area contributed by atoms with Gasteiger partial charge in [-0.15, -0.1) is 0 Å². The SMILES string of the molecule is O=[N+]([O-])c1cc(C2=NC3=CN=CN(O)C3S2)ccc1Oc1ccccc1Cl. The summed E-state index contributed by atoms with van der Waals surface area (Å²) in [7, 11) is 0. The average Bonchev–Trinajstić information content (AvgIpc) is 3.09. The van der Waals surface area contributed by atoms with Gasteiger partial charge in [-0.1, -0.05) is 35.5 Å². The number of hydroxylamine groups is 2. The van der Waals surface area contributed by atoms with Crippen molar-refractivity contribution in [3.05, 3.63) is 75.1 Å². The number of thioether (sulfide) groups is 1. The van der Waals surface area contributed by atoms with Gasteiger partial charge in [-0.05, 0) is 24.3 Å². The topological polar surface area (TPSA) is 101 Å². The molecule has 27 heavy (non-hydrogen) atoms. The Morgan fingerprint density at radius 1 is 1.26 bits per heavy atom. The first-order valence-corrected chi connectivity index (χ1v) is 8.96. The lowest BCUT2D eigenvalue weighted by atomic mass is 10.2. The van der Waals surface area contributed by atoms with Crippen molar-refractivity contribution in [3.8, 4) is 11.5 Å². The number of nitro groups is 1. The van der Waals surface area contributed by atoms with Gasteiger partial charge in [-0.2, -0.15) is 0 Å². The Balaban J connectivity index is 1.67. The number of hydrogen-bond donors (Lipinski definition) is 1. The molecule has 8 nitrogen and oxygen atoms in total. The minimum atomic E-state index is -0.524. The van der Waals surface area contributed by atoms with Crippen LogP contribution in [-0.2, 0) is 0 Å². The van der Waals surface area contributed by atoms with Crippen LogP contribution in [0.5, 0.6) is 11.5 Å². The van der Waals surface area contributed by atoms with Crippen LogP contribution in [0.15, 0.2) is 64.3 Å². The molecule has 0 spiro atoms. The first-order chi connectivity index (χ1) is 13.0. The predicted octanol–water partition coefficient (Wildman–Crippen LogP) is 4.43. The molecule has 0 fully saturated rings. The molecule has 0 bridgehead atoms. The molecule has 136 valence electrons. The molecule has 1 atom stereocenters. The number of rotatable bonds is 4. The predicted molar refractivity (Wildman–Crippen MR) is 103 cm³/mol. The molecule has 2 heterocycles. The van der Waals surface area contributed by atoms with Crippen LogP contribution < -0.4 is 4.74 Å². The zero-order chi connectivity index (χ0) is 19.0. The number of ether oxygens (including phenoxy) is 1. The van der Waals surface area contributed by atoms with Crippen LogP contribution in [0, 0.1) is 10.1 Å². The molecule has 1 unspecified atom stereocenters. The van der Waals surface area contributed by atoms with Gasteiger partial charge in [0.1, 0.15) is 17.1 Å². The van der Waals surface area contributed by atoms with Gasteiger partial charge in [0, 0.05) is 11.6 Å². The third kappa shape index (κ3) is 3.39. The summed E-state index contributed by atoms with van der Waals surface area (Å²) in [4.78, 5) is 19.3. The number of fused-ring (bicyclic) bond motifs is 1. The van der Waals surface area contributed by atoms with Crippen LogP contribution in [0.1, 0.15) is 5.56 Å². The largest absolute Gasteiger partial charge is 0.449 e. The number of nitro benzene ring substituents is 1. The molecule has 2 aromatic rings. The molecule has 1 N–H and O–H groups in total. The summed E-state index contributed by atoms with van der Waals surface area (Å²) in [5.41, 5.74) is 0.901. The molecule has 4 rings (SSSR count). The molecule has 0 aromatic heterocycles. The number of halogens is 1. The third-order valence-electron chi connectivity index (χ3n) is 3.80. The zero-order valence-electron chi connectivity index (χ0n) is 13.5. The molecule has 2 aliphatic rings. The third-order valence-corrected chi connectivity index (χ3v) is 5.34. The minimum Gasteiger partial charge on any atom is -0.449 e. The van der Waals surface area contributed by atoms with E-state index >= 15 is 0 Å². The molecule has 0 aliphatic carbocycles. The van der Waals surface area contributed by atoms with E-state index in [0.29, 0.717) is 27.1 Å². The van der Waals surface area contributed by atoms with Gasteiger partial charge in [0.05, 0.1) is 21.8 Å². The van der Waals surface area contributed by atoms with E-state index in [1.807, 2.05) is 0 Å². The summed E-state index contributed by atoms with van der Waals surface area (Å²) in [5, 5.41) is 22.8. The number of nitrogens with zero attached hydrogens (tertiary/aromatic N) is 4. The van der Waals surface area contributed by atoms with Crippen LogP contribution in [-0.4, -0.2) is 31.9 Å². The maximum Gasteiger partial charge on any atom is 0.312 e. The van der Waals surface area contributed by atoms with Crippen molar-refractivity contribution in [2.24, 2.45) is 9.98 Å². The number of para-hydroxylation sites is 1. The summed E-state index contributed by atoms with van der Waals surface area (Å²) in [6.07, 6.45) is 2.82. The van der Waals surface area contributed by atoms with E-state index in [-0.39, 0.29) is 11.4 Å². The minimum absolute atomic E-state index is 0.0733. The second-order valence-corrected chi connectivity index (χ2v) is 7.03. The number of benzene rings is 2. The van der Waals surface area contributed by atoms with Gasteiger partial charge >= 0.3 is 5.69 Å². The Kier molecular flexibility index (Phi) is 4.56. The molecule has 2 aromatic carbocycles. The van der Waals surface area contributed by atoms with E-state index < -0.39 is 10.3 Å². The summed E-state index contributed by atoms with van der Waals surface area (Å²) >= 11 is 7.33. The Hall–Kier alpha value is -2.88. The van der Waals surface area contributed by atoms with E-state index in [4.69, 9.17) is 16.3 Å². The average molecular weight is 403 g/mol. The Morgan fingerprint density at radius 2 is 2.07 bits per heavy atom. The summed E-state index contributed by atoms with van der Waals surface area (Å²) in [6, 6.07) is 11.3. The number of hydrogen-bond acceptors (Lipinski definition) is 8. The molecule has 0 amide bonds. The first kappa shape index (κ1) is 17.5. The lowest BCUT2D eigenvalue weighted by molar-refractivity contribution is -0.385. The monoisotopic (exact) mass is 402 g/mol. The maximum atomic E-state index is 11.5. The second kappa shape index (κ2) is 7.03. The normalized spacial score (nSPS) is 18.0. The van der Waals surface area contributed by atoms with Gasteiger partial charge in [-0.3, -0.25) is 15.3 Å². The standard InChI is InChI=1S/C17H11ClN4O4S/c18-11-3-1-2-4-14(11)26-15-6-5-10(7-13(15)22(24)25)16-20-12-8-19-9-21(23)17(12)27-16/h1-9,17,23H. The van der Waals surface area contributed by atoms with Crippen molar-refractivity contribution in [2.75, 3.05) is 0 Å². The van der Waals surface area contributed by atoms with Gasteiger partial charge in [-0.25, -0.2) is 15.0 Å². The molecule has 0 radical (unpaired) electrons. The molecular formula is C17H11ClN4O4S. The van der Waals surface area contributed by atoms with E-state index in [2.05, 4.69) is 9.98 Å². The van der Waals surface area contributed by atoms with Gasteiger partial charge in [0.2, 0.25) is 5.75 Å². The van der Waals surface area contributed by atoms with Crippen molar-refractivity contribution in [2.45, 2.75) is 5.37 Å². The van der Waals surface area contributed by atoms with Crippen molar-refractivity contribution in [1.82, 2.24) is 5.06 Å². The smallest absolute Gasteiger partial charge is 0.312 e. The van der Waals surface area contributed by atoms with Gasteiger partial charge in [0.25, 0.3) is 0 Å². The second-order valence-electron chi connectivity index (χ2n) is 5.56. The highest BCUT2D eigenvalue weighted by Gasteiger charge is 2.32. The van der Waals surface area contributed by atoms with Crippen LogP contribution in [0.3, 0.4) is 0 Å². The summed E-state index contributed by atoms with van der Waals surface area (Å²) < 4.78 is 5.63. The van der Waals surface area contributed by atoms with Crippen molar-refractivity contribution >= 4 is 40.4 Å². The molecule has 0 saturated heterocycles. The maximum absolute atomic E-state index is 11.5. The lowest BCUT2D eigenvalue weighted by Crippen LogP contribution is -2.29. The summed E-state index contributed by atoms with van der Waals surface area (Å²) in [5.74, 6) is 0.399. The van der Waals surface area contributed by atoms with Gasteiger partial charge < -0.3 is 4.74 Å². The van der Waals surface area contributed by atoms with Gasteiger partial charge in [0.15, 0.2) is 5.37 Å². The molecular weight excluding hydrogens is 392 g/mol. The van der Waals surface area contributed by atoms with Crippen LogP contribution in [0.4, 0.5) is 5.69 Å². The van der Waals surface area contributed by atoms with Crippen molar-refractivity contribution in [1.29, 1.82) is 0 Å². The zero-order valence-corrected chi connectivity index (χ0v) is 15.1. The van der Waals surface area contributed by atoms with E-state index in [1.54, 1.807) is 36.5 Å². The van der Waals surface area contributed by atoms with E-state index in [9.17, 15) is 15.3 Å². The highest BCUT2D eigenvalue weighted by molar-refractivity contribution is 8.15. The highest BCUT2D eigenvalue weighted by atomic mass is 35.5. The summed E-state index contributed by atoms with van der Waals surface area (Å²) in [6.45, 7) is 0. The van der Waals surface area contributed by atoms with Crippen LogP contribution >= 0.6 is 23.4 Å². The fourth-order valence-corrected chi connectivity index (χ4v) is 3.75. The van der Waals surface area contributed by atoms with Crippen molar-refractivity contribution in [3.63, 3.8) is 0 Å². The van der Waals surface area contributed by atoms with E-state index in [1.165, 1.54) is 30.2 Å². The van der Waals surface area contributed by atoms with Crippen LogP contribution in [0.2, 0.25) is 5.02 Å². The fraction of sp³-hybridized carbons (Fsp3) is 0.0588. The molecule has 0 saturated carbocycles. The fourth-order valence-electron chi connectivity index (χ4n) is 2.54. The first-order valence-electron chi connectivity index (χ1n) is 7.70. The number of aliphatic imine (C=N–C) groups is 2. The molecule has 2 aliphatic heterocycles. The van der Waals surface area contributed by atoms with Crippen molar-refractivity contribution < 1.29 is 14.9 Å².